The van der Waals surface area contributed by atoms with E-state index in [9.17, 15) is 9.59 Å². The van der Waals surface area contributed by atoms with Gasteiger partial charge in [0.2, 0.25) is 0 Å². The van der Waals surface area contributed by atoms with Gasteiger partial charge in [-0.15, -0.1) is 0 Å². The summed E-state index contributed by atoms with van der Waals surface area (Å²) < 4.78 is 6.90. The van der Waals surface area contributed by atoms with E-state index in [0.717, 1.165) is 20.4 Å². The number of carbonyl (C=O) groups is 2. The topological polar surface area (TPSA) is 49.9 Å². The van der Waals surface area contributed by atoms with Crippen LogP contribution in [0.2, 0.25) is 0 Å². The van der Waals surface area contributed by atoms with Crippen molar-refractivity contribution in [3.63, 3.8) is 0 Å². The minimum absolute atomic E-state index is 0.0826. The van der Waals surface area contributed by atoms with Crippen molar-refractivity contribution in [1.29, 1.82) is 0 Å². The van der Waals surface area contributed by atoms with Gasteiger partial charge in [-0.3, -0.25) is 19.4 Å². The van der Waals surface area contributed by atoms with Gasteiger partial charge in [-0.2, -0.15) is 0 Å². The van der Waals surface area contributed by atoms with Crippen LogP contribution in [-0.2, 0) is 16.2 Å². The van der Waals surface area contributed by atoms with Crippen LogP contribution in [0.3, 0.4) is 0 Å². The Balaban J connectivity index is 1.52. The Morgan fingerprint density at radius 2 is 1.61 bits per heavy atom. The summed E-state index contributed by atoms with van der Waals surface area (Å²) in [4.78, 5) is 27.6. The Labute approximate surface area is 199 Å². The van der Waals surface area contributed by atoms with Gasteiger partial charge in [0.15, 0.2) is 5.11 Å². The van der Waals surface area contributed by atoms with Crippen LogP contribution in [0.15, 0.2) is 66.2 Å². The molecule has 1 aliphatic heterocycles. The summed E-state index contributed by atoms with van der Waals surface area (Å²) >= 11 is 7.31. The van der Waals surface area contributed by atoms with Crippen LogP contribution >= 0.6 is 34.8 Å². The third-order valence-corrected chi connectivity index (χ3v) is 6.51. The fourth-order valence-corrected chi connectivity index (χ4v) is 4.22. The summed E-state index contributed by atoms with van der Waals surface area (Å²) in [5, 5.41) is 2.57. The quantitative estimate of drug-likeness (QED) is 0.209. The molecular weight excluding hydrogens is 523 g/mol. The Hall–Kier alpha value is -2.78. The molecule has 1 saturated heterocycles. The Kier molecular flexibility index (Phi) is 6.06. The molecule has 1 fully saturated rings. The number of carbonyl (C=O) groups excluding carboxylic acids is 2. The van der Waals surface area contributed by atoms with E-state index in [1.807, 2.05) is 30.3 Å². The number of hydrogen-bond acceptors (Lipinski definition) is 4. The minimum Gasteiger partial charge on any atom is -0.488 e. The number of benzene rings is 3. The van der Waals surface area contributed by atoms with Gasteiger partial charge in [0.25, 0.3) is 11.8 Å². The molecule has 7 heteroatoms. The maximum absolute atomic E-state index is 12.5. The minimum atomic E-state index is -0.403. The Morgan fingerprint density at radius 1 is 0.935 bits per heavy atom. The van der Waals surface area contributed by atoms with Crippen molar-refractivity contribution in [3.8, 4) is 5.75 Å². The molecule has 4 rings (SSSR count). The third kappa shape index (κ3) is 4.33. The summed E-state index contributed by atoms with van der Waals surface area (Å²) in [7, 11) is 3.13. The van der Waals surface area contributed by atoms with Crippen molar-refractivity contribution in [3.05, 3.63) is 80.9 Å². The molecule has 0 radical (unpaired) electrons. The van der Waals surface area contributed by atoms with Crippen LogP contribution < -0.4 is 4.74 Å². The average Bonchev–Trinajstić information content (AvgIpc) is 2.78. The highest BCUT2D eigenvalue weighted by Gasteiger charge is 2.35. The van der Waals surface area contributed by atoms with Gasteiger partial charge < -0.3 is 4.74 Å². The van der Waals surface area contributed by atoms with E-state index in [1.165, 1.54) is 20.6 Å². The fraction of sp³-hybridized carbons (Fsp3) is 0.125. The lowest BCUT2D eigenvalue weighted by Gasteiger charge is -2.31. The summed E-state index contributed by atoms with van der Waals surface area (Å²) in [5.41, 5.74) is 1.91. The van der Waals surface area contributed by atoms with Crippen LogP contribution in [0.1, 0.15) is 11.1 Å². The van der Waals surface area contributed by atoms with Crippen molar-refractivity contribution in [2.45, 2.75) is 6.61 Å². The molecule has 3 aromatic carbocycles. The van der Waals surface area contributed by atoms with Crippen LogP contribution in [0.5, 0.6) is 5.75 Å². The SMILES string of the molecule is CN1C(=O)C(=Cc2ccc(OCc3ccc4ccccc4c3)c(I)c2)C(=O)N(C)C1=S. The molecule has 1 heterocycles. The van der Waals surface area contributed by atoms with Gasteiger partial charge in [0.05, 0.1) is 3.57 Å². The van der Waals surface area contributed by atoms with E-state index >= 15 is 0 Å². The van der Waals surface area contributed by atoms with E-state index in [-0.39, 0.29) is 10.7 Å². The van der Waals surface area contributed by atoms with E-state index in [2.05, 4.69) is 52.9 Å². The lowest BCUT2D eigenvalue weighted by molar-refractivity contribution is -0.132. The van der Waals surface area contributed by atoms with Gasteiger partial charge >= 0.3 is 0 Å². The molecule has 5 nitrogen and oxygen atoms in total. The smallest absolute Gasteiger partial charge is 0.265 e. The van der Waals surface area contributed by atoms with E-state index in [1.54, 1.807) is 20.2 Å². The molecule has 3 aromatic rings. The van der Waals surface area contributed by atoms with E-state index in [4.69, 9.17) is 17.0 Å². The summed E-state index contributed by atoms with van der Waals surface area (Å²) in [6.45, 7) is 0.450. The first-order valence-corrected chi connectivity index (χ1v) is 11.1. The predicted octanol–water partition coefficient (Wildman–Crippen LogP) is 4.62. The number of hydrogen-bond donors (Lipinski definition) is 0. The number of fused-ring (bicyclic) bond motifs is 1. The molecule has 0 atom stereocenters. The highest BCUT2D eigenvalue weighted by Crippen LogP contribution is 2.26. The zero-order valence-corrected chi connectivity index (χ0v) is 19.9. The maximum atomic E-state index is 12.5. The molecule has 0 N–H and O–H groups in total. The first-order valence-electron chi connectivity index (χ1n) is 9.57. The zero-order valence-electron chi connectivity index (χ0n) is 17.0. The molecule has 0 saturated carbocycles. The van der Waals surface area contributed by atoms with Gasteiger partial charge in [-0.1, -0.05) is 42.5 Å². The number of nitrogens with zero attached hydrogens (tertiary/aromatic N) is 2. The monoisotopic (exact) mass is 542 g/mol. The second-order valence-electron chi connectivity index (χ2n) is 7.23. The lowest BCUT2D eigenvalue weighted by atomic mass is 10.1. The molecule has 0 bridgehead atoms. The Bertz CT molecular complexity index is 1230. The van der Waals surface area contributed by atoms with Crippen molar-refractivity contribution < 1.29 is 14.3 Å². The van der Waals surface area contributed by atoms with Crippen LogP contribution in [0, 0.1) is 3.57 Å². The van der Waals surface area contributed by atoms with Crippen molar-refractivity contribution >= 4 is 68.6 Å². The number of thiocarbonyl (C=S) groups is 1. The summed E-state index contributed by atoms with van der Waals surface area (Å²) in [5.74, 6) is -0.0629. The number of likely N-dealkylation sites (N-methyl/N-ethyl adjacent to an activating group) is 2. The maximum Gasteiger partial charge on any atom is 0.265 e. The van der Waals surface area contributed by atoms with E-state index < -0.39 is 11.8 Å². The normalized spacial score (nSPS) is 14.4. The van der Waals surface area contributed by atoms with Crippen molar-refractivity contribution in [1.82, 2.24) is 9.80 Å². The van der Waals surface area contributed by atoms with E-state index in [0.29, 0.717) is 6.61 Å². The Morgan fingerprint density at radius 3 is 2.29 bits per heavy atom. The predicted molar refractivity (Wildman–Crippen MR) is 134 cm³/mol. The summed E-state index contributed by atoms with van der Waals surface area (Å²) in [6, 6.07) is 20.1. The average molecular weight is 542 g/mol. The molecule has 0 spiro atoms. The van der Waals surface area contributed by atoms with Gasteiger partial charge in [0, 0.05) is 14.1 Å². The molecule has 156 valence electrons. The molecular formula is C24H19IN2O3S. The third-order valence-electron chi connectivity index (χ3n) is 5.12. The fourth-order valence-electron chi connectivity index (χ4n) is 3.36. The standard InChI is InChI=1S/C24H19IN2O3S/c1-26-22(28)19(23(29)27(2)24(26)31)12-15-8-10-21(20(25)13-15)30-14-16-7-9-17-5-3-4-6-18(17)11-16/h3-13H,14H2,1-2H3. The largest absolute Gasteiger partial charge is 0.488 e. The molecule has 1 aliphatic rings. The second-order valence-corrected chi connectivity index (χ2v) is 8.76. The van der Waals surface area contributed by atoms with Crippen molar-refractivity contribution in [2.24, 2.45) is 0 Å². The molecule has 31 heavy (non-hydrogen) atoms. The zero-order chi connectivity index (χ0) is 22.1. The number of halogens is 1. The van der Waals surface area contributed by atoms with Crippen LogP contribution in [0.4, 0.5) is 0 Å². The van der Waals surface area contributed by atoms with Crippen LogP contribution in [0.25, 0.3) is 16.8 Å². The second kappa shape index (κ2) is 8.76. The number of ether oxygens (including phenoxy) is 1. The molecule has 0 aromatic heterocycles. The molecule has 2 amide bonds. The van der Waals surface area contributed by atoms with Gasteiger partial charge in [-0.25, -0.2) is 0 Å². The van der Waals surface area contributed by atoms with Gasteiger partial charge in [-0.05, 0) is 81.0 Å². The van der Waals surface area contributed by atoms with Gasteiger partial charge in [0.1, 0.15) is 17.9 Å². The number of rotatable bonds is 4. The molecule has 0 aliphatic carbocycles. The van der Waals surface area contributed by atoms with Crippen LogP contribution in [-0.4, -0.2) is 40.8 Å². The number of amides is 2. The lowest BCUT2D eigenvalue weighted by Crippen LogP contribution is -2.52. The van der Waals surface area contributed by atoms with Crippen molar-refractivity contribution in [2.75, 3.05) is 14.1 Å². The molecule has 0 unspecified atom stereocenters. The first-order chi connectivity index (χ1) is 14.8. The first kappa shape index (κ1) is 21.5. The highest BCUT2D eigenvalue weighted by molar-refractivity contribution is 14.1. The highest BCUT2D eigenvalue weighted by atomic mass is 127. The summed E-state index contributed by atoms with van der Waals surface area (Å²) in [6.07, 6.45) is 1.59.